The van der Waals surface area contributed by atoms with Crippen molar-refractivity contribution < 1.29 is 17.9 Å². The average molecular weight is 540 g/mol. The predicted molar refractivity (Wildman–Crippen MR) is 133 cm³/mol. The molecule has 0 spiro atoms. The van der Waals surface area contributed by atoms with Crippen LogP contribution in [0.2, 0.25) is 10.0 Å². The zero-order chi connectivity index (χ0) is 25.4. The Morgan fingerprint density at radius 1 is 1.11 bits per heavy atom. The summed E-state index contributed by atoms with van der Waals surface area (Å²) in [5.74, 6) is 0.587. The van der Waals surface area contributed by atoms with E-state index in [1.807, 2.05) is 0 Å². The van der Waals surface area contributed by atoms with Crippen LogP contribution in [0.15, 0.2) is 47.4 Å². The number of sulfonamides is 1. The number of hydrogen-bond acceptors (Lipinski definition) is 7. The number of rotatable bonds is 13. The summed E-state index contributed by atoms with van der Waals surface area (Å²) < 4.78 is 35.1. The highest BCUT2D eigenvalue weighted by Gasteiger charge is 2.26. The lowest BCUT2D eigenvalue weighted by molar-refractivity contribution is -0.121. The number of carbonyl (C=O) groups excluding carboxylic acids is 1. The summed E-state index contributed by atoms with van der Waals surface area (Å²) in [6, 6.07) is 10.3. The van der Waals surface area contributed by atoms with Gasteiger partial charge in [-0.3, -0.25) is 4.79 Å². The molecule has 2 aromatic carbocycles. The summed E-state index contributed by atoms with van der Waals surface area (Å²) in [5.41, 5.74) is 0.634. The monoisotopic (exact) mass is 539 g/mol. The highest BCUT2D eigenvalue weighted by atomic mass is 35.5. The molecule has 1 aromatic heterocycles. The fourth-order valence-electron chi connectivity index (χ4n) is 3.27. The van der Waals surface area contributed by atoms with Crippen molar-refractivity contribution >= 4 is 39.0 Å². The standard InChI is InChI=1S/C23H27Cl2N5O4S/c1-3-5-13-34-16-9-11-17(12-10-16)35(32,33)27-21(4-2)22(31)15-30-23(26-28-29-30)14-18-19(24)7-6-8-20(18)25/h6-12,21,27H,3-5,13-15H2,1-2H3. The first-order valence-corrected chi connectivity index (χ1v) is 13.4. The molecule has 1 unspecified atom stereocenters. The Kier molecular flexibility index (Phi) is 9.62. The Labute approximate surface area is 214 Å². The van der Waals surface area contributed by atoms with Gasteiger partial charge in [0.15, 0.2) is 11.6 Å². The van der Waals surface area contributed by atoms with Crippen LogP contribution in [0.1, 0.15) is 44.5 Å². The minimum atomic E-state index is -3.93. The Balaban J connectivity index is 1.68. The van der Waals surface area contributed by atoms with Gasteiger partial charge in [0, 0.05) is 16.5 Å². The van der Waals surface area contributed by atoms with Crippen LogP contribution in [0.4, 0.5) is 0 Å². The van der Waals surface area contributed by atoms with E-state index in [0.717, 1.165) is 12.8 Å². The summed E-state index contributed by atoms with van der Waals surface area (Å²) in [6.45, 7) is 4.13. The average Bonchev–Trinajstić information content (AvgIpc) is 3.27. The van der Waals surface area contributed by atoms with Gasteiger partial charge in [-0.1, -0.05) is 49.5 Å². The zero-order valence-electron chi connectivity index (χ0n) is 19.4. The van der Waals surface area contributed by atoms with Gasteiger partial charge in [-0.25, -0.2) is 17.8 Å². The highest BCUT2D eigenvalue weighted by molar-refractivity contribution is 7.89. The number of tetrazole rings is 1. The summed E-state index contributed by atoms with van der Waals surface area (Å²) >= 11 is 12.5. The van der Waals surface area contributed by atoms with E-state index in [1.165, 1.54) is 16.8 Å². The maximum atomic E-state index is 13.0. The van der Waals surface area contributed by atoms with Gasteiger partial charge in [-0.05, 0) is 65.2 Å². The van der Waals surface area contributed by atoms with Gasteiger partial charge >= 0.3 is 0 Å². The fourth-order valence-corrected chi connectivity index (χ4v) is 5.11. The Bertz CT molecular complexity index is 1230. The zero-order valence-corrected chi connectivity index (χ0v) is 21.8. The molecule has 0 saturated heterocycles. The van der Waals surface area contributed by atoms with Crippen LogP contribution in [0, 0.1) is 0 Å². The van der Waals surface area contributed by atoms with E-state index < -0.39 is 16.1 Å². The summed E-state index contributed by atoms with van der Waals surface area (Å²) in [4.78, 5) is 13.0. The number of ether oxygens (including phenoxy) is 1. The molecule has 0 radical (unpaired) electrons. The number of benzene rings is 2. The molecule has 35 heavy (non-hydrogen) atoms. The molecule has 0 aliphatic carbocycles. The largest absolute Gasteiger partial charge is 0.494 e. The van der Waals surface area contributed by atoms with E-state index in [2.05, 4.69) is 27.2 Å². The van der Waals surface area contributed by atoms with Crippen LogP contribution < -0.4 is 9.46 Å². The molecule has 1 heterocycles. The van der Waals surface area contributed by atoms with Gasteiger partial charge in [-0.2, -0.15) is 0 Å². The van der Waals surface area contributed by atoms with E-state index in [9.17, 15) is 13.2 Å². The molecule has 0 amide bonds. The molecule has 12 heteroatoms. The van der Waals surface area contributed by atoms with Crippen LogP contribution in [-0.2, 0) is 27.8 Å². The van der Waals surface area contributed by atoms with Gasteiger partial charge in [0.2, 0.25) is 10.0 Å². The number of unbranched alkanes of at least 4 members (excludes halogenated alkanes) is 1. The van der Waals surface area contributed by atoms with Crippen LogP contribution in [0.25, 0.3) is 0 Å². The minimum absolute atomic E-state index is 0.0445. The molecule has 1 atom stereocenters. The van der Waals surface area contributed by atoms with Crippen molar-refractivity contribution in [3.05, 3.63) is 63.9 Å². The minimum Gasteiger partial charge on any atom is -0.494 e. The van der Waals surface area contributed by atoms with Crippen LogP contribution in [0.5, 0.6) is 5.75 Å². The molecular weight excluding hydrogens is 513 g/mol. The van der Waals surface area contributed by atoms with E-state index >= 15 is 0 Å². The van der Waals surface area contributed by atoms with Crippen molar-refractivity contribution in [2.45, 2.75) is 57.0 Å². The van der Waals surface area contributed by atoms with Crippen molar-refractivity contribution in [2.75, 3.05) is 6.61 Å². The molecule has 188 valence electrons. The van der Waals surface area contributed by atoms with Crippen molar-refractivity contribution in [1.29, 1.82) is 0 Å². The van der Waals surface area contributed by atoms with Gasteiger partial charge in [0.05, 0.1) is 17.5 Å². The van der Waals surface area contributed by atoms with Crippen molar-refractivity contribution in [2.24, 2.45) is 0 Å². The molecule has 0 saturated carbocycles. The van der Waals surface area contributed by atoms with E-state index in [1.54, 1.807) is 37.3 Å². The number of Topliss-reactive ketones (excluding diaryl/α,β-unsaturated/α-hetero) is 1. The number of nitrogens with one attached hydrogen (secondary N) is 1. The number of halogens is 2. The van der Waals surface area contributed by atoms with Gasteiger partial charge in [0.25, 0.3) is 0 Å². The third-order valence-electron chi connectivity index (χ3n) is 5.30. The molecule has 0 aliphatic heterocycles. The summed E-state index contributed by atoms with van der Waals surface area (Å²) in [7, 11) is -3.93. The lowest BCUT2D eigenvalue weighted by Crippen LogP contribution is -2.42. The van der Waals surface area contributed by atoms with E-state index in [0.29, 0.717) is 33.8 Å². The second-order valence-corrected chi connectivity index (χ2v) is 10.4. The lowest BCUT2D eigenvalue weighted by atomic mass is 10.1. The maximum absolute atomic E-state index is 13.0. The fraction of sp³-hybridized carbons (Fsp3) is 0.391. The van der Waals surface area contributed by atoms with Crippen molar-refractivity contribution in [1.82, 2.24) is 24.9 Å². The SMILES string of the molecule is CCCCOc1ccc(S(=O)(=O)NC(CC)C(=O)Cn2nnnc2Cc2c(Cl)cccc2Cl)cc1. The van der Waals surface area contributed by atoms with Crippen LogP contribution >= 0.6 is 23.2 Å². The highest BCUT2D eigenvalue weighted by Crippen LogP contribution is 2.26. The first-order chi connectivity index (χ1) is 16.7. The first-order valence-electron chi connectivity index (χ1n) is 11.2. The van der Waals surface area contributed by atoms with Gasteiger partial charge in [-0.15, -0.1) is 5.10 Å². The smallest absolute Gasteiger partial charge is 0.241 e. The second-order valence-electron chi connectivity index (χ2n) is 7.85. The molecule has 1 N–H and O–H groups in total. The number of nitrogens with zero attached hydrogens (tertiary/aromatic N) is 4. The van der Waals surface area contributed by atoms with Crippen molar-refractivity contribution in [3.63, 3.8) is 0 Å². The third kappa shape index (κ3) is 7.23. The number of hydrogen-bond donors (Lipinski definition) is 1. The molecule has 3 aromatic rings. The maximum Gasteiger partial charge on any atom is 0.241 e. The first kappa shape index (κ1) is 27.1. The summed E-state index contributed by atoms with van der Waals surface area (Å²) in [5, 5.41) is 12.4. The molecule has 0 aliphatic rings. The second kappa shape index (κ2) is 12.4. The number of aromatic nitrogens is 4. The normalized spacial score (nSPS) is 12.5. The van der Waals surface area contributed by atoms with Gasteiger partial charge < -0.3 is 4.74 Å². The van der Waals surface area contributed by atoms with E-state index in [4.69, 9.17) is 27.9 Å². The predicted octanol–water partition coefficient (Wildman–Crippen LogP) is 4.08. The van der Waals surface area contributed by atoms with Crippen molar-refractivity contribution in [3.8, 4) is 5.75 Å². The number of carbonyl (C=O) groups is 1. The molecule has 0 fully saturated rings. The molecule has 3 rings (SSSR count). The summed E-state index contributed by atoms with van der Waals surface area (Å²) in [6.07, 6.45) is 2.39. The Morgan fingerprint density at radius 2 is 1.80 bits per heavy atom. The quantitative estimate of drug-likeness (QED) is 0.325. The molecular formula is C23H27Cl2N5O4S. The molecule has 0 bridgehead atoms. The van der Waals surface area contributed by atoms with Gasteiger partial charge in [0.1, 0.15) is 12.3 Å². The topological polar surface area (TPSA) is 116 Å². The Morgan fingerprint density at radius 3 is 2.43 bits per heavy atom. The number of ketones is 1. The van der Waals surface area contributed by atoms with E-state index in [-0.39, 0.29) is 30.1 Å². The van der Waals surface area contributed by atoms with Crippen LogP contribution in [0.3, 0.4) is 0 Å². The third-order valence-corrected chi connectivity index (χ3v) is 7.50. The molecule has 9 nitrogen and oxygen atoms in total. The Hall–Kier alpha value is -2.53. The lowest BCUT2D eigenvalue weighted by Gasteiger charge is -2.17. The van der Waals surface area contributed by atoms with Crippen LogP contribution in [-0.4, -0.2) is 47.1 Å².